The molecule has 4 heteroatoms. The zero-order valence-electron chi connectivity index (χ0n) is 43.4. The fourth-order valence-electron chi connectivity index (χ4n) is 9.65. The molecule has 10 aromatic rings. The van der Waals surface area contributed by atoms with Crippen molar-refractivity contribution in [3.8, 4) is 67.5 Å². The van der Waals surface area contributed by atoms with Gasteiger partial charge in [-0.2, -0.15) is 0 Å². The van der Waals surface area contributed by atoms with Crippen molar-refractivity contribution in [2.75, 3.05) is 0 Å². The van der Waals surface area contributed by atoms with Crippen molar-refractivity contribution in [1.82, 2.24) is 14.5 Å². The predicted octanol–water partition coefficient (Wildman–Crippen LogP) is 17.0. The van der Waals surface area contributed by atoms with Crippen molar-refractivity contribution in [2.24, 2.45) is 0 Å². The maximum atomic E-state index is 12.7. The zero-order valence-corrected chi connectivity index (χ0v) is 41.4. The number of nitrogens with zero attached hydrogens (tertiary/aromatic N) is 3. The topological polar surface area (TPSA) is 50.9 Å². The zero-order chi connectivity index (χ0) is 50.6. The number of fused-ring (bicyclic) bond motifs is 1. The second-order valence-corrected chi connectivity index (χ2v) is 21.0. The summed E-state index contributed by atoms with van der Waals surface area (Å²) in [6, 6.07) is 68.2. The first-order valence-electron chi connectivity index (χ1n) is 25.3. The lowest BCUT2D eigenvalue weighted by molar-refractivity contribution is 0.446. The van der Waals surface area contributed by atoms with Gasteiger partial charge in [0.2, 0.25) is 0 Å². The normalized spacial score (nSPS) is 12.7. The van der Waals surface area contributed by atoms with Crippen molar-refractivity contribution >= 4 is 11.0 Å². The second kappa shape index (κ2) is 18.3. The van der Waals surface area contributed by atoms with E-state index in [0.29, 0.717) is 28.0 Å². The third kappa shape index (κ3) is 8.98. The molecule has 0 radical (unpaired) electrons. The van der Waals surface area contributed by atoms with Gasteiger partial charge in [-0.3, -0.25) is 9.55 Å². The van der Waals surface area contributed by atoms with Crippen LogP contribution < -0.4 is 0 Å². The smallest absolute Gasteiger partial charge is 0.149 e. The molecule has 0 bridgehead atoms. The quantitative estimate of drug-likeness (QED) is 0.149. The number of pyridine rings is 1. The van der Waals surface area contributed by atoms with Crippen LogP contribution in [0.3, 0.4) is 0 Å². The van der Waals surface area contributed by atoms with Crippen molar-refractivity contribution < 1.29 is 7.85 Å². The molecule has 0 spiro atoms. The molecule has 0 fully saturated rings. The lowest BCUT2D eigenvalue weighted by Crippen LogP contribution is -2.19. The predicted molar refractivity (Wildman–Crippen MR) is 293 cm³/mol. The molecule has 0 aliphatic rings. The average Bonchev–Trinajstić information content (AvgIpc) is 3.78. The molecule has 0 aliphatic carbocycles. The van der Waals surface area contributed by atoms with Gasteiger partial charge in [-0.05, 0) is 116 Å². The Morgan fingerprint density at radius 1 is 0.471 bits per heavy atom. The first-order chi connectivity index (χ1) is 34.4. The average molecular weight is 914 g/mol. The molecule has 0 saturated heterocycles. The Balaban J connectivity index is 1.29. The van der Waals surface area contributed by atoms with Crippen LogP contribution in [0.5, 0.6) is 5.75 Å². The lowest BCUT2D eigenvalue weighted by Gasteiger charge is -2.28. The fraction of sp³-hybridized carbons (Fsp3) is 0.182. The van der Waals surface area contributed by atoms with Crippen LogP contribution in [0, 0.1) is 0 Å². The van der Waals surface area contributed by atoms with Crippen LogP contribution in [0.4, 0.5) is 0 Å². The molecule has 2 heterocycles. The summed E-state index contributed by atoms with van der Waals surface area (Å²) >= 11 is 0. The van der Waals surface area contributed by atoms with E-state index in [4.69, 9.17) is 9.97 Å². The number of aromatic nitrogens is 3. The lowest BCUT2D eigenvalue weighted by atomic mass is 9.77. The minimum atomic E-state index is -1.86. The Labute approximate surface area is 416 Å². The SMILES string of the molecule is [2H]C([2H])(c1ccccc1)c1cc(-c2cc(-c3ccccc3)ccn2)cc(-c2cccc3c2nc(-c2cc(C(C)(C)C)cc(C(C)(C)C)c2O)n3-c2ccc(C(C)(C)c3ccccc3)cc2-c2ccccc2)c1. The van der Waals surface area contributed by atoms with E-state index in [-0.39, 0.29) is 22.0 Å². The van der Waals surface area contributed by atoms with Crippen LogP contribution >= 0.6 is 0 Å². The molecule has 0 saturated carbocycles. The summed E-state index contributed by atoms with van der Waals surface area (Å²) in [5.74, 6) is 0.799. The van der Waals surface area contributed by atoms with E-state index in [9.17, 15) is 7.85 Å². The molecule has 0 atom stereocenters. The highest BCUT2D eigenvalue weighted by Crippen LogP contribution is 2.46. The third-order valence-electron chi connectivity index (χ3n) is 13.7. The number of benzene rings is 8. The van der Waals surface area contributed by atoms with Gasteiger partial charge in [0.05, 0.1) is 28.0 Å². The summed E-state index contributed by atoms with van der Waals surface area (Å²) in [5.41, 5.74) is 14.8. The van der Waals surface area contributed by atoms with Gasteiger partial charge in [-0.1, -0.05) is 207 Å². The molecule has 4 nitrogen and oxygen atoms in total. The van der Waals surface area contributed by atoms with Crippen molar-refractivity contribution in [3.05, 3.63) is 240 Å². The van der Waals surface area contributed by atoms with Crippen molar-refractivity contribution in [2.45, 2.75) is 78.0 Å². The molecule has 0 amide bonds. The van der Waals surface area contributed by atoms with Gasteiger partial charge >= 0.3 is 0 Å². The van der Waals surface area contributed by atoms with Crippen LogP contribution in [0.25, 0.3) is 72.7 Å². The molecule has 70 heavy (non-hydrogen) atoms. The van der Waals surface area contributed by atoms with Crippen LogP contribution in [-0.2, 0) is 22.6 Å². The van der Waals surface area contributed by atoms with Gasteiger partial charge in [-0.15, -0.1) is 0 Å². The standard InChI is InChI=1S/C66H61N3O/c1-64(2,3)53-42-56(62(70)57(43-53)65(4,5)6)63-68-61-54(49-37-45(36-44-22-13-9-14-23-44)38-50(39-49)58-40-48(34-35-67-58)46-24-15-10-16-25-46)30-21-31-60(61)69(63)59-33-32-52(41-55(59)47-26-17-11-18-27-47)66(7,8)51-28-19-12-20-29-51/h9-35,37-43,70H,36H2,1-8H3/i36D2. The summed E-state index contributed by atoms with van der Waals surface area (Å²) in [6.45, 7) is 17.6. The van der Waals surface area contributed by atoms with Crippen LogP contribution in [-0.4, -0.2) is 19.6 Å². The Bertz CT molecular complexity index is 3590. The van der Waals surface area contributed by atoms with Crippen LogP contribution in [0.2, 0.25) is 0 Å². The molecule has 0 unspecified atom stereocenters. The Morgan fingerprint density at radius 2 is 1.10 bits per heavy atom. The van der Waals surface area contributed by atoms with Gasteiger partial charge in [0, 0.05) is 36.6 Å². The van der Waals surface area contributed by atoms with Gasteiger partial charge in [-0.25, -0.2) is 4.98 Å². The number of aromatic hydroxyl groups is 1. The third-order valence-corrected chi connectivity index (χ3v) is 13.7. The summed E-state index contributed by atoms with van der Waals surface area (Å²) < 4.78 is 21.7. The minimum Gasteiger partial charge on any atom is -0.507 e. The number of imidazole rings is 1. The number of hydrogen-bond donors (Lipinski definition) is 1. The Morgan fingerprint density at radius 3 is 1.77 bits per heavy atom. The summed E-state index contributed by atoms with van der Waals surface area (Å²) in [6.07, 6.45) is -0.0328. The molecular weight excluding hydrogens is 851 g/mol. The minimum absolute atomic E-state index is 0.196. The number of para-hydroxylation sites is 1. The molecular formula is C66H61N3O. The van der Waals surface area contributed by atoms with Crippen LogP contribution in [0.15, 0.2) is 206 Å². The fourth-order valence-corrected chi connectivity index (χ4v) is 9.65. The molecule has 8 aromatic carbocycles. The molecule has 0 aliphatic heterocycles. The number of hydrogen-bond acceptors (Lipinski definition) is 3. The largest absolute Gasteiger partial charge is 0.507 e. The van der Waals surface area contributed by atoms with E-state index in [1.165, 1.54) is 5.56 Å². The van der Waals surface area contributed by atoms with Gasteiger partial charge in [0.15, 0.2) is 0 Å². The number of rotatable bonds is 10. The highest BCUT2D eigenvalue weighted by molar-refractivity contribution is 5.98. The highest BCUT2D eigenvalue weighted by atomic mass is 16.3. The Hall–Kier alpha value is -7.82. The van der Waals surface area contributed by atoms with Crippen molar-refractivity contribution in [3.63, 3.8) is 0 Å². The monoisotopic (exact) mass is 913 g/mol. The van der Waals surface area contributed by atoms with Gasteiger partial charge in [0.25, 0.3) is 0 Å². The molecule has 2 aromatic heterocycles. The van der Waals surface area contributed by atoms with E-state index in [0.717, 1.165) is 72.5 Å². The first kappa shape index (κ1) is 43.5. The first-order valence-corrected chi connectivity index (χ1v) is 24.3. The number of phenols is 1. The van der Waals surface area contributed by atoms with Gasteiger partial charge < -0.3 is 5.11 Å². The van der Waals surface area contributed by atoms with Crippen LogP contribution in [0.1, 0.15) is 91.5 Å². The number of phenolic OH excluding ortho intramolecular Hbond substituents is 1. The summed E-state index contributed by atoms with van der Waals surface area (Å²) in [7, 11) is 0. The van der Waals surface area contributed by atoms with E-state index in [2.05, 4.69) is 187 Å². The van der Waals surface area contributed by atoms with E-state index in [1.54, 1.807) is 0 Å². The summed E-state index contributed by atoms with van der Waals surface area (Å²) in [4.78, 5) is 10.6. The summed E-state index contributed by atoms with van der Waals surface area (Å²) in [5, 5.41) is 12.7. The second-order valence-electron chi connectivity index (χ2n) is 21.0. The van der Waals surface area contributed by atoms with E-state index < -0.39 is 6.37 Å². The maximum absolute atomic E-state index is 12.7. The molecule has 346 valence electrons. The van der Waals surface area contributed by atoms with E-state index >= 15 is 0 Å². The van der Waals surface area contributed by atoms with Crippen molar-refractivity contribution in [1.29, 1.82) is 0 Å². The Kier molecular flexibility index (Phi) is 11.3. The van der Waals surface area contributed by atoms with Gasteiger partial charge in [0.1, 0.15) is 11.6 Å². The maximum Gasteiger partial charge on any atom is 0.149 e. The molecule has 1 N–H and O–H groups in total. The molecule has 10 rings (SSSR count). The highest BCUT2D eigenvalue weighted by Gasteiger charge is 2.30. The van der Waals surface area contributed by atoms with E-state index in [1.807, 2.05) is 79.0 Å².